The zero-order chi connectivity index (χ0) is 23.5. The summed E-state index contributed by atoms with van der Waals surface area (Å²) in [7, 11) is 1.62. The second-order valence-electron chi connectivity index (χ2n) is 8.19. The molecule has 3 heterocycles. The molecule has 1 fully saturated rings. The van der Waals surface area contributed by atoms with E-state index in [-0.39, 0.29) is 18.2 Å². The van der Waals surface area contributed by atoms with Gasteiger partial charge < -0.3 is 19.5 Å². The number of nitrogens with one attached hydrogen (secondary N) is 1. The fourth-order valence-electron chi connectivity index (χ4n) is 4.04. The van der Waals surface area contributed by atoms with E-state index in [0.717, 1.165) is 21.9 Å². The minimum atomic E-state index is -0.407. The first-order valence-electron chi connectivity index (χ1n) is 11.1. The van der Waals surface area contributed by atoms with Gasteiger partial charge in [0.05, 0.1) is 24.6 Å². The number of fused-ring (bicyclic) bond motifs is 1. The van der Waals surface area contributed by atoms with Gasteiger partial charge in [0.1, 0.15) is 5.75 Å². The average molecular weight is 480 g/mol. The third-order valence-electron chi connectivity index (χ3n) is 5.97. The Balaban J connectivity index is 1.11. The van der Waals surface area contributed by atoms with E-state index < -0.39 is 5.25 Å². The van der Waals surface area contributed by atoms with Crippen LogP contribution in [0.25, 0.3) is 11.4 Å². The highest BCUT2D eigenvalue weighted by Gasteiger charge is 2.31. The lowest BCUT2D eigenvalue weighted by atomic mass is 10.2. The van der Waals surface area contributed by atoms with Gasteiger partial charge >= 0.3 is 0 Å². The normalized spacial score (nSPS) is 18.3. The van der Waals surface area contributed by atoms with Gasteiger partial charge in [-0.15, -0.1) is 11.8 Å². The second kappa shape index (κ2) is 9.86. The smallest absolute Gasteiger partial charge is 0.241 e. The Morgan fingerprint density at radius 3 is 2.68 bits per heavy atom. The van der Waals surface area contributed by atoms with Crippen LogP contribution in [0.3, 0.4) is 0 Å². The van der Waals surface area contributed by atoms with Crippen molar-refractivity contribution >= 4 is 29.3 Å². The standard InChI is InChI=1S/C24H25N5O4S/c1-32-17-8-6-16(7-9-17)23-26-21(33-27-23)15-28-10-12-29(13-11-28)22(30)14-20-24(31)25-18-4-2-3-5-19(18)34-20/h2-9,20H,10-15H2,1H3,(H,25,31)/t20-/m0/s1. The van der Waals surface area contributed by atoms with Crippen molar-refractivity contribution in [2.75, 3.05) is 38.6 Å². The highest BCUT2D eigenvalue weighted by molar-refractivity contribution is 8.01. The van der Waals surface area contributed by atoms with Gasteiger partial charge in [-0.1, -0.05) is 17.3 Å². The molecular weight excluding hydrogens is 454 g/mol. The van der Waals surface area contributed by atoms with Crippen molar-refractivity contribution in [2.45, 2.75) is 23.1 Å². The molecule has 0 unspecified atom stereocenters. The summed E-state index contributed by atoms with van der Waals surface area (Å²) in [6.07, 6.45) is 0.194. The van der Waals surface area contributed by atoms with Gasteiger partial charge in [-0.05, 0) is 36.4 Å². The fourth-order valence-corrected chi connectivity index (χ4v) is 5.14. The lowest BCUT2D eigenvalue weighted by molar-refractivity contribution is -0.134. The van der Waals surface area contributed by atoms with E-state index in [1.54, 1.807) is 7.11 Å². The summed E-state index contributed by atoms with van der Waals surface area (Å²) in [5, 5.41) is 6.58. The van der Waals surface area contributed by atoms with Crippen molar-refractivity contribution in [3.8, 4) is 17.1 Å². The number of nitrogens with zero attached hydrogens (tertiary/aromatic N) is 4. The first-order chi connectivity index (χ1) is 16.6. The maximum Gasteiger partial charge on any atom is 0.241 e. The van der Waals surface area contributed by atoms with Gasteiger partial charge in [-0.3, -0.25) is 14.5 Å². The molecule has 9 nitrogen and oxygen atoms in total. The predicted octanol–water partition coefficient (Wildman–Crippen LogP) is 2.89. The molecule has 1 aromatic heterocycles. The van der Waals surface area contributed by atoms with E-state index >= 15 is 0 Å². The topological polar surface area (TPSA) is 101 Å². The summed E-state index contributed by atoms with van der Waals surface area (Å²) in [6.45, 7) is 3.16. The van der Waals surface area contributed by atoms with Crippen LogP contribution in [0.2, 0.25) is 0 Å². The maximum atomic E-state index is 12.9. The molecule has 176 valence electrons. The lowest BCUT2D eigenvalue weighted by Gasteiger charge is -2.35. The summed E-state index contributed by atoms with van der Waals surface area (Å²) in [6, 6.07) is 15.2. The molecule has 2 aliphatic rings. The molecule has 1 saturated heterocycles. The first-order valence-corrected chi connectivity index (χ1v) is 12.0. The quantitative estimate of drug-likeness (QED) is 0.576. The number of benzene rings is 2. The molecule has 2 aromatic carbocycles. The Morgan fingerprint density at radius 1 is 1.15 bits per heavy atom. The largest absolute Gasteiger partial charge is 0.497 e. The zero-order valence-corrected chi connectivity index (χ0v) is 19.6. The molecule has 0 bridgehead atoms. The minimum absolute atomic E-state index is 0.00580. The monoisotopic (exact) mass is 479 g/mol. The number of para-hydroxylation sites is 1. The highest BCUT2D eigenvalue weighted by atomic mass is 32.2. The van der Waals surface area contributed by atoms with Crippen molar-refractivity contribution < 1.29 is 18.8 Å². The summed E-state index contributed by atoms with van der Waals surface area (Å²) in [5.41, 5.74) is 1.67. The number of aromatic nitrogens is 2. The van der Waals surface area contributed by atoms with Crippen LogP contribution in [-0.4, -0.2) is 70.3 Å². The van der Waals surface area contributed by atoms with Crippen molar-refractivity contribution in [2.24, 2.45) is 0 Å². The third-order valence-corrected chi connectivity index (χ3v) is 7.24. The van der Waals surface area contributed by atoms with E-state index in [1.165, 1.54) is 11.8 Å². The second-order valence-corrected chi connectivity index (χ2v) is 9.44. The number of hydrogen-bond acceptors (Lipinski definition) is 8. The van der Waals surface area contributed by atoms with Gasteiger partial charge in [0, 0.05) is 43.1 Å². The van der Waals surface area contributed by atoms with Crippen LogP contribution in [0.15, 0.2) is 57.9 Å². The Bertz CT molecular complexity index is 1170. The average Bonchev–Trinajstić information content (AvgIpc) is 3.33. The number of hydrogen-bond donors (Lipinski definition) is 1. The molecule has 0 radical (unpaired) electrons. The summed E-state index contributed by atoms with van der Waals surface area (Å²) in [4.78, 5) is 34.8. The SMILES string of the molecule is COc1ccc(-c2noc(CN3CCN(C(=O)C[C@@H]4Sc5ccccc5NC4=O)CC3)n2)cc1. The first kappa shape index (κ1) is 22.4. The molecule has 2 amide bonds. The number of piperazine rings is 1. The van der Waals surface area contributed by atoms with E-state index in [0.29, 0.717) is 44.4 Å². The Labute approximate surface area is 201 Å². The Morgan fingerprint density at radius 2 is 1.91 bits per heavy atom. The summed E-state index contributed by atoms with van der Waals surface area (Å²) >= 11 is 1.46. The van der Waals surface area contributed by atoms with E-state index in [2.05, 4.69) is 20.4 Å². The molecule has 1 atom stereocenters. The van der Waals surface area contributed by atoms with Crippen molar-refractivity contribution in [1.82, 2.24) is 19.9 Å². The molecule has 3 aromatic rings. The molecule has 2 aliphatic heterocycles. The highest BCUT2D eigenvalue weighted by Crippen LogP contribution is 2.36. The molecule has 0 aliphatic carbocycles. The van der Waals surface area contributed by atoms with Crippen molar-refractivity contribution in [3.63, 3.8) is 0 Å². The minimum Gasteiger partial charge on any atom is -0.497 e. The molecular formula is C24H25N5O4S. The molecule has 0 spiro atoms. The predicted molar refractivity (Wildman–Crippen MR) is 127 cm³/mol. The van der Waals surface area contributed by atoms with Crippen LogP contribution in [-0.2, 0) is 16.1 Å². The van der Waals surface area contributed by atoms with Gasteiger partial charge in [0.2, 0.25) is 23.5 Å². The van der Waals surface area contributed by atoms with Crippen LogP contribution in [0.4, 0.5) is 5.69 Å². The lowest BCUT2D eigenvalue weighted by Crippen LogP contribution is -2.49. The van der Waals surface area contributed by atoms with Gasteiger partial charge in [-0.25, -0.2) is 0 Å². The van der Waals surface area contributed by atoms with Crippen molar-refractivity contribution in [1.29, 1.82) is 0 Å². The van der Waals surface area contributed by atoms with Crippen molar-refractivity contribution in [3.05, 3.63) is 54.4 Å². The number of anilines is 1. The maximum absolute atomic E-state index is 12.9. The van der Waals surface area contributed by atoms with E-state index in [4.69, 9.17) is 9.26 Å². The molecule has 1 N–H and O–H groups in total. The van der Waals surface area contributed by atoms with E-state index in [9.17, 15) is 9.59 Å². The van der Waals surface area contributed by atoms with Crippen LogP contribution in [0.1, 0.15) is 12.3 Å². The Kier molecular flexibility index (Phi) is 6.50. The van der Waals surface area contributed by atoms with Crippen LogP contribution < -0.4 is 10.1 Å². The van der Waals surface area contributed by atoms with Crippen LogP contribution >= 0.6 is 11.8 Å². The third kappa shape index (κ3) is 4.92. The van der Waals surface area contributed by atoms with Gasteiger partial charge in [-0.2, -0.15) is 4.98 Å². The van der Waals surface area contributed by atoms with Crippen LogP contribution in [0.5, 0.6) is 5.75 Å². The van der Waals surface area contributed by atoms with Crippen LogP contribution in [0, 0.1) is 0 Å². The number of carbonyl (C=O) groups excluding carboxylic acids is 2. The molecule has 10 heteroatoms. The summed E-state index contributed by atoms with van der Waals surface area (Å²) < 4.78 is 10.6. The number of thioether (sulfide) groups is 1. The van der Waals surface area contributed by atoms with E-state index in [1.807, 2.05) is 53.4 Å². The number of methoxy groups -OCH3 is 1. The summed E-state index contributed by atoms with van der Waals surface area (Å²) in [5.74, 6) is 1.74. The number of carbonyl (C=O) groups is 2. The number of rotatable bonds is 6. The fraction of sp³-hybridized carbons (Fsp3) is 0.333. The molecule has 0 saturated carbocycles. The van der Waals surface area contributed by atoms with Gasteiger partial charge in [0.25, 0.3) is 0 Å². The van der Waals surface area contributed by atoms with Gasteiger partial charge in [0.15, 0.2) is 0 Å². The number of amides is 2. The molecule has 34 heavy (non-hydrogen) atoms. The molecule has 5 rings (SSSR count). The number of ether oxygens (including phenoxy) is 1. The zero-order valence-electron chi connectivity index (χ0n) is 18.8. The Hall–Kier alpha value is -3.37.